The first-order valence-electron chi connectivity index (χ1n) is 6.65. The molecule has 0 spiro atoms. The average molecular weight is 249 g/mol. The number of methoxy groups -OCH3 is 2. The van der Waals surface area contributed by atoms with Crippen molar-refractivity contribution in [3.8, 4) is 11.5 Å². The molecule has 0 bridgehead atoms. The third-order valence-corrected chi connectivity index (χ3v) is 4.04. The van der Waals surface area contributed by atoms with Crippen LogP contribution < -0.4 is 15.2 Å². The van der Waals surface area contributed by atoms with E-state index in [1.807, 2.05) is 12.1 Å². The van der Waals surface area contributed by atoms with Gasteiger partial charge in [-0.05, 0) is 48.9 Å². The predicted octanol–water partition coefficient (Wildman–Crippen LogP) is 3.20. The molecule has 0 aromatic heterocycles. The summed E-state index contributed by atoms with van der Waals surface area (Å²) in [5.41, 5.74) is 8.80. The molecule has 1 aromatic carbocycles. The van der Waals surface area contributed by atoms with Crippen LogP contribution in [0, 0.1) is 12.8 Å². The first kappa shape index (κ1) is 13.2. The lowest BCUT2D eigenvalue weighted by molar-refractivity contribution is 0.352. The number of ether oxygens (including phenoxy) is 2. The molecule has 2 N–H and O–H groups in total. The van der Waals surface area contributed by atoms with E-state index in [1.165, 1.54) is 36.8 Å². The summed E-state index contributed by atoms with van der Waals surface area (Å²) in [7, 11) is 3.33. The number of benzene rings is 1. The maximum Gasteiger partial charge on any atom is 0.161 e. The van der Waals surface area contributed by atoms with Crippen molar-refractivity contribution in [1.29, 1.82) is 0 Å². The average Bonchev–Trinajstić information content (AvgIpc) is 2.91. The van der Waals surface area contributed by atoms with Crippen molar-refractivity contribution < 1.29 is 9.47 Å². The van der Waals surface area contributed by atoms with Gasteiger partial charge in [0.2, 0.25) is 0 Å². The molecule has 0 aliphatic heterocycles. The van der Waals surface area contributed by atoms with Crippen molar-refractivity contribution in [1.82, 2.24) is 0 Å². The zero-order chi connectivity index (χ0) is 13.1. The summed E-state index contributed by atoms with van der Waals surface area (Å²) >= 11 is 0. The third kappa shape index (κ3) is 2.46. The van der Waals surface area contributed by atoms with E-state index in [0.717, 1.165) is 11.5 Å². The second-order valence-corrected chi connectivity index (χ2v) is 5.13. The molecule has 0 saturated heterocycles. The van der Waals surface area contributed by atoms with Gasteiger partial charge in [-0.3, -0.25) is 0 Å². The molecule has 0 amide bonds. The van der Waals surface area contributed by atoms with E-state index in [9.17, 15) is 0 Å². The van der Waals surface area contributed by atoms with Crippen molar-refractivity contribution in [2.75, 3.05) is 14.2 Å². The summed E-state index contributed by atoms with van der Waals surface area (Å²) in [6.07, 6.45) is 5.11. The standard InChI is InChI=1S/C15H23NO2/c1-10-8-13(17-2)14(18-3)9-12(10)15(16)11-6-4-5-7-11/h8-9,11,15H,4-7,16H2,1-3H3. The fraction of sp³-hybridized carbons (Fsp3) is 0.600. The fourth-order valence-electron chi connectivity index (χ4n) is 2.93. The highest BCUT2D eigenvalue weighted by Gasteiger charge is 2.25. The third-order valence-electron chi connectivity index (χ3n) is 4.04. The molecule has 1 aliphatic rings. The zero-order valence-electron chi connectivity index (χ0n) is 11.5. The van der Waals surface area contributed by atoms with E-state index >= 15 is 0 Å². The van der Waals surface area contributed by atoms with Crippen molar-refractivity contribution in [2.24, 2.45) is 11.7 Å². The van der Waals surface area contributed by atoms with Crippen molar-refractivity contribution in [3.05, 3.63) is 23.3 Å². The van der Waals surface area contributed by atoms with Gasteiger partial charge < -0.3 is 15.2 Å². The topological polar surface area (TPSA) is 44.5 Å². The molecule has 3 nitrogen and oxygen atoms in total. The van der Waals surface area contributed by atoms with E-state index < -0.39 is 0 Å². The SMILES string of the molecule is COc1cc(C)c(C(N)C2CCCC2)cc1OC. The van der Waals surface area contributed by atoms with Crippen molar-refractivity contribution in [2.45, 2.75) is 38.6 Å². The van der Waals surface area contributed by atoms with Crippen LogP contribution in [0.3, 0.4) is 0 Å². The molecule has 1 unspecified atom stereocenters. The molecule has 2 rings (SSSR count). The quantitative estimate of drug-likeness (QED) is 0.891. The molecule has 1 aliphatic carbocycles. The molecule has 18 heavy (non-hydrogen) atoms. The molecule has 0 heterocycles. The maximum atomic E-state index is 6.42. The van der Waals surface area contributed by atoms with Gasteiger partial charge in [-0.15, -0.1) is 0 Å². The Morgan fingerprint density at radius 2 is 1.67 bits per heavy atom. The normalized spacial score (nSPS) is 17.8. The molecule has 1 saturated carbocycles. The number of rotatable bonds is 4. The lowest BCUT2D eigenvalue weighted by atomic mass is 9.89. The number of hydrogen-bond donors (Lipinski definition) is 1. The molecule has 100 valence electrons. The van der Waals surface area contributed by atoms with E-state index in [1.54, 1.807) is 14.2 Å². The summed E-state index contributed by atoms with van der Waals surface area (Å²) in [5, 5.41) is 0. The molecule has 1 fully saturated rings. The Kier molecular flexibility index (Phi) is 4.12. The predicted molar refractivity (Wildman–Crippen MR) is 73.2 cm³/mol. The van der Waals surface area contributed by atoms with Crippen LogP contribution in [-0.4, -0.2) is 14.2 Å². The number of aryl methyl sites for hydroxylation is 1. The minimum atomic E-state index is 0.118. The van der Waals surface area contributed by atoms with Gasteiger partial charge in [-0.2, -0.15) is 0 Å². The highest BCUT2D eigenvalue weighted by molar-refractivity contribution is 5.48. The first-order chi connectivity index (χ1) is 8.67. The minimum absolute atomic E-state index is 0.118. The Morgan fingerprint density at radius 3 is 2.22 bits per heavy atom. The van der Waals surface area contributed by atoms with Crippen molar-refractivity contribution >= 4 is 0 Å². The second-order valence-electron chi connectivity index (χ2n) is 5.13. The van der Waals surface area contributed by atoms with E-state index in [0.29, 0.717) is 5.92 Å². The highest BCUT2D eigenvalue weighted by Crippen LogP contribution is 2.39. The summed E-state index contributed by atoms with van der Waals surface area (Å²) < 4.78 is 10.7. The van der Waals surface area contributed by atoms with Crippen LogP contribution in [0.1, 0.15) is 42.9 Å². The lowest BCUT2D eigenvalue weighted by Gasteiger charge is -2.22. The van der Waals surface area contributed by atoms with Crippen LogP contribution in [0.2, 0.25) is 0 Å². The van der Waals surface area contributed by atoms with Gasteiger partial charge in [0.25, 0.3) is 0 Å². The van der Waals surface area contributed by atoms with Crippen LogP contribution >= 0.6 is 0 Å². The van der Waals surface area contributed by atoms with Crippen molar-refractivity contribution in [3.63, 3.8) is 0 Å². The van der Waals surface area contributed by atoms with Gasteiger partial charge >= 0.3 is 0 Å². The van der Waals surface area contributed by atoms with Gasteiger partial charge in [0.1, 0.15) is 0 Å². The van der Waals surface area contributed by atoms with Gasteiger partial charge in [0, 0.05) is 6.04 Å². The monoisotopic (exact) mass is 249 g/mol. The molecule has 1 atom stereocenters. The minimum Gasteiger partial charge on any atom is -0.493 e. The van der Waals surface area contributed by atoms with Gasteiger partial charge in [-0.25, -0.2) is 0 Å². The molecule has 3 heteroatoms. The molecule has 1 aromatic rings. The van der Waals surface area contributed by atoms with Crippen LogP contribution in [0.25, 0.3) is 0 Å². The largest absolute Gasteiger partial charge is 0.493 e. The lowest BCUT2D eigenvalue weighted by Crippen LogP contribution is -2.20. The van der Waals surface area contributed by atoms with Crippen LogP contribution in [0.4, 0.5) is 0 Å². The maximum absolute atomic E-state index is 6.42. The highest BCUT2D eigenvalue weighted by atomic mass is 16.5. The number of nitrogens with two attached hydrogens (primary N) is 1. The fourth-order valence-corrected chi connectivity index (χ4v) is 2.93. The van der Waals surface area contributed by atoms with E-state index in [2.05, 4.69) is 6.92 Å². The smallest absolute Gasteiger partial charge is 0.161 e. The van der Waals surface area contributed by atoms with E-state index in [4.69, 9.17) is 15.2 Å². The summed E-state index contributed by atoms with van der Waals surface area (Å²) in [6, 6.07) is 4.17. The molecular weight excluding hydrogens is 226 g/mol. The Labute approximate surface area is 109 Å². The van der Waals surface area contributed by atoms with Crippen LogP contribution in [0.15, 0.2) is 12.1 Å². The van der Waals surface area contributed by atoms with Gasteiger partial charge in [0.05, 0.1) is 14.2 Å². The van der Waals surface area contributed by atoms with Gasteiger partial charge in [-0.1, -0.05) is 12.8 Å². The number of hydrogen-bond acceptors (Lipinski definition) is 3. The summed E-state index contributed by atoms with van der Waals surface area (Å²) in [6.45, 7) is 2.09. The van der Waals surface area contributed by atoms with E-state index in [-0.39, 0.29) is 6.04 Å². The first-order valence-corrected chi connectivity index (χ1v) is 6.65. The summed E-state index contributed by atoms with van der Waals surface area (Å²) in [4.78, 5) is 0. The molecular formula is C15H23NO2. The Bertz CT molecular complexity index is 411. The summed E-state index contributed by atoms with van der Waals surface area (Å²) in [5.74, 6) is 2.16. The van der Waals surface area contributed by atoms with Gasteiger partial charge in [0.15, 0.2) is 11.5 Å². The second kappa shape index (κ2) is 5.61. The Hall–Kier alpha value is -1.22. The Balaban J connectivity index is 2.31. The van der Waals surface area contributed by atoms with Crippen LogP contribution in [-0.2, 0) is 0 Å². The van der Waals surface area contributed by atoms with Crippen LogP contribution in [0.5, 0.6) is 11.5 Å². The Morgan fingerprint density at radius 1 is 1.11 bits per heavy atom. The zero-order valence-corrected chi connectivity index (χ0v) is 11.5. The molecule has 0 radical (unpaired) electrons.